The number of aromatic nitrogens is 2. The first-order valence-corrected chi connectivity index (χ1v) is 7.56. The molecule has 1 aliphatic rings. The number of aryl methyl sites for hydroxylation is 1. The summed E-state index contributed by atoms with van der Waals surface area (Å²) in [6.45, 7) is 6.70. The summed E-state index contributed by atoms with van der Waals surface area (Å²) in [7, 11) is 0. The van der Waals surface area contributed by atoms with Crippen molar-refractivity contribution >= 4 is 23.3 Å². The second-order valence-corrected chi connectivity index (χ2v) is 5.89. The average molecular weight is 275 g/mol. The van der Waals surface area contributed by atoms with Gasteiger partial charge in [-0.15, -0.1) is 0 Å². The molecule has 19 heavy (non-hydrogen) atoms. The fraction of sp³-hybridized carbons (Fsp3) is 0.533. The molecule has 1 N–H and O–H groups in total. The van der Waals surface area contributed by atoms with Gasteiger partial charge in [-0.1, -0.05) is 12.5 Å². The SMILES string of the molecule is Cc1ccc2c(c1)[nH]c(=S)n2CCN1CCCCC1. The van der Waals surface area contributed by atoms with Gasteiger partial charge >= 0.3 is 0 Å². The predicted octanol–water partition coefficient (Wildman–Crippen LogP) is 3.49. The summed E-state index contributed by atoms with van der Waals surface area (Å²) in [5.74, 6) is 0. The van der Waals surface area contributed by atoms with Gasteiger partial charge < -0.3 is 14.5 Å². The summed E-state index contributed by atoms with van der Waals surface area (Å²) in [4.78, 5) is 5.87. The summed E-state index contributed by atoms with van der Waals surface area (Å²) < 4.78 is 3.08. The lowest BCUT2D eigenvalue weighted by Gasteiger charge is -2.26. The maximum absolute atomic E-state index is 5.45. The number of nitrogens with one attached hydrogen (secondary N) is 1. The number of hydrogen-bond donors (Lipinski definition) is 1. The maximum Gasteiger partial charge on any atom is 0.178 e. The van der Waals surface area contributed by atoms with E-state index in [9.17, 15) is 0 Å². The molecule has 0 bridgehead atoms. The third-order valence-corrected chi connectivity index (χ3v) is 4.34. The standard InChI is InChI=1S/C15H21N3S/c1-12-5-6-14-13(11-12)16-15(19)18(14)10-9-17-7-3-2-4-8-17/h5-6,11H,2-4,7-10H2,1H3,(H,16,19). The van der Waals surface area contributed by atoms with Crippen LogP contribution in [0, 0.1) is 11.7 Å². The van der Waals surface area contributed by atoms with Crippen LogP contribution in [-0.4, -0.2) is 34.1 Å². The third kappa shape index (κ3) is 2.74. The molecule has 1 saturated heterocycles. The summed E-state index contributed by atoms with van der Waals surface area (Å²) in [5.41, 5.74) is 3.66. The van der Waals surface area contributed by atoms with Crippen LogP contribution < -0.4 is 0 Å². The molecule has 2 aromatic rings. The molecule has 2 heterocycles. The monoisotopic (exact) mass is 275 g/mol. The molecule has 0 amide bonds. The van der Waals surface area contributed by atoms with Crippen LogP contribution in [0.5, 0.6) is 0 Å². The van der Waals surface area contributed by atoms with Gasteiger partial charge in [-0.2, -0.15) is 0 Å². The second kappa shape index (κ2) is 5.47. The van der Waals surface area contributed by atoms with Gasteiger partial charge in [0.05, 0.1) is 11.0 Å². The van der Waals surface area contributed by atoms with Gasteiger partial charge in [0, 0.05) is 13.1 Å². The van der Waals surface area contributed by atoms with Gasteiger partial charge in [0.1, 0.15) is 0 Å². The fourth-order valence-corrected chi connectivity index (χ4v) is 3.22. The third-order valence-electron chi connectivity index (χ3n) is 4.02. The van der Waals surface area contributed by atoms with Crippen molar-refractivity contribution in [3.63, 3.8) is 0 Å². The Labute approximate surface area is 119 Å². The Balaban J connectivity index is 1.80. The summed E-state index contributed by atoms with van der Waals surface area (Å²) in [6, 6.07) is 6.50. The van der Waals surface area contributed by atoms with Gasteiger partial charge in [0.25, 0.3) is 0 Å². The van der Waals surface area contributed by atoms with E-state index in [-0.39, 0.29) is 0 Å². The first kappa shape index (κ1) is 12.9. The molecule has 1 fully saturated rings. The lowest BCUT2D eigenvalue weighted by Crippen LogP contribution is -2.32. The topological polar surface area (TPSA) is 24.0 Å². The van der Waals surface area contributed by atoms with E-state index in [1.165, 1.54) is 43.4 Å². The molecule has 102 valence electrons. The van der Waals surface area contributed by atoms with Crippen LogP contribution in [0.1, 0.15) is 24.8 Å². The number of aromatic amines is 1. The zero-order valence-electron chi connectivity index (χ0n) is 11.5. The number of piperidine rings is 1. The molecule has 0 radical (unpaired) electrons. The fourth-order valence-electron chi connectivity index (χ4n) is 2.92. The number of nitrogens with zero attached hydrogens (tertiary/aromatic N) is 2. The molecule has 0 atom stereocenters. The Hall–Kier alpha value is -1.13. The van der Waals surface area contributed by atoms with Crippen LogP contribution in [-0.2, 0) is 6.54 Å². The number of likely N-dealkylation sites (tertiary alicyclic amines) is 1. The summed E-state index contributed by atoms with van der Waals surface area (Å²) >= 11 is 5.45. The van der Waals surface area contributed by atoms with Gasteiger partial charge in [0.2, 0.25) is 0 Å². The molecule has 0 unspecified atom stereocenters. The largest absolute Gasteiger partial charge is 0.331 e. The molecule has 1 aromatic carbocycles. The van der Waals surface area contributed by atoms with Crippen LogP contribution in [0.4, 0.5) is 0 Å². The van der Waals surface area contributed by atoms with E-state index in [2.05, 4.69) is 39.6 Å². The van der Waals surface area contributed by atoms with E-state index in [0.717, 1.165) is 23.4 Å². The number of imidazole rings is 1. The molecule has 3 nitrogen and oxygen atoms in total. The van der Waals surface area contributed by atoms with Gasteiger partial charge in [-0.05, 0) is 62.8 Å². The quantitative estimate of drug-likeness (QED) is 0.867. The van der Waals surface area contributed by atoms with E-state index >= 15 is 0 Å². The Bertz CT molecular complexity index is 620. The minimum absolute atomic E-state index is 0.845. The number of benzene rings is 1. The molecule has 1 aliphatic heterocycles. The Morgan fingerprint density at radius 3 is 2.74 bits per heavy atom. The first-order chi connectivity index (χ1) is 9.24. The lowest BCUT2D eigenvalue weighted by molar-refractivity contribution is 0.221. The van der Waals surface area contributed by atoms with Crippen molar-refractivity contribution in [1.82, 2.24) is 14.5 Å². The van der Waals surface area contributed by atoms with Crippen LogP contribution in [0.3, 0.4) is 0 Å². The van der Waals surface area contributed by atoms with Crippen molar-refractivity contribution in [2.75, 3.05) is 19.6 Å². The van der Waals surface area contributed by atoms with Crippen molar-refractivity contribution in [2.24, 2.45) is 0 Å². The zero-order valence-corrected chi connectivity index (χ0v) is 12.3. The number of H-pyrrole nitrogens is 1. The van der Waals surface area contributed by atoms with Gasteiger partial charge in [0.15, 0.2) is 4.77 Å². The molecule has 4 heteroatoms. The molecular formula is C15H21N3S. The predicted molar refractivity (Wildman–Crippen MR) is 82.2 cm³/mol. The second-order valence-electron chi connectivity index (χ2n) is 5.50. The smallest absolute Gasteiger partial charge is 0.178 e. The molecule has 1 aromatic heterocycles. The lowest BCUT2D eigenvalue weighted by atomic mass is 10.1. The van der Waals surface area contributed by atoms with Crippen molar-refractivity contribution in [1.29, 1.82) is 0 Å². The molecule has 0 aliphatic carbocycles. The highest BCUT2D eigenvalue weighted by Crippen LogP contribution is 2.16. The van der Waals surface area contributed by atoms with Gasteiger partial charge in [-0.3, -0.25) is 0 Å². The van der Waals surface area contributed by atoms with E-state index in [1.54, 1.807) is 0 Å². The minimum Gasteiger partial charge on any atom is -0.331 e. The Kier molecular flexibility index (Phi) is 3.71. The summed E-state index contributed by atoms with van der Waals surface area (Å²) in [6.07, 6.45) is 4.08. The average Bonchev–Trinajstić information content (AvgIpc) is 2.72. The number of fused-ring (bicyclic) bond motifs is 1. The maximum atomic E-state index is 5.45. The van der Waals surface area contributed by atoms with Crippen LogP contribution in [0.25, 0.3) is 11.0 Å². The first-order valence-electron chi connectivity index (χ1n) is 7.15. The van der Waals surface area contributed by atoms with Crippen molar-refractivity contribution in [3.05, 3.63) is 28.5 Å². The van der Waals surface area contributed by atoms with Crippen LogP contribution >= 0.6 is 12.2 Å². The van der Waals surface area contributed by atoms with Crippen molar-refractivity contribution < 1.29 is 0 Å². The molecule has 0 saturated carbocycles. The molecular weight excluding hydrogens is 254 g/mol. The van der Waals surface area contributed by atoms with Crippen LogP contribution in [0.2, 0.25) is 0 Å². The van der Waals surface area contributed by atoms with E-state index in [4.69, 9.17) is 12.2 Å². The van der Waals surface area contributed by atoms with E-state index in [1.807, 2.05) is 0 Å². The van der Waals surface area contributed by atoms with E-state index < -0.39 is 0 Å². The van der Waals surface area contributed by atoms with Crippen molar-refractivity contribution in [2.45, 2.75) is 32.7 Å². The molecule has 0 spiro atoms. The Morgan fingerprint density at radius 1 is 1.16 bits per heavy atom. The highest BCUT2D eigenvalue weighted by Gasteiger charge is 2.11. The molecule has 3 rings (SSSR count). The Morgan fingerprint density at radius 2 is 1.95 bits per heavy atom. The van der Waals surface area contributed by atoms with Crippen LogP contribution in [0.15, 0.2) is 18.2 Å². The highest BCUT2D eigenvalue weighted by molar-refractivity contribution is 7.71. The summed E-state index contributed by atoms with van der Waals surface area (Å²) in [5, 5.41) is 0. The van der Waals surface area contributed by atoms with E-state index in [0.29, 0.717) is 0 Å². The van der Waals surface area contributed by atoms with Gasteiger partial charge in [-0.25, -0.2) is 0 Å². The normalized spacial score (nSPS) is 17.1. The van der Waals surface area contributed by atoms with Crippen molar-refractivity contribution in [3.8, 4) is 0 Å². The number of hydrogen-bond acceptors (Lipinski definition) is 2. The minimum atomic E-state index is 0.845. The highest BCUT2D eigenvalue weighted by atomic mass is 32.1. The zero-order chi connectivity index (χ0) is 13.2. The number of rotatable bonds is 3.